The van der Waals surface area contributed by atoms with Crippen molar-refractivity contribution in [1.29, 1.82) is 0 Å². The molecule has 61 heavy (non-hydrogen) atoms. The van der Waals surface area contributed by atoms with Gasteiger partial charge in [0.1, 0.15) is 0 Å². The summed E-state index contributed by atoms with van der Waals surface area (Å²) < 4.78 is 2.64. The fourth-order valence-electron chi connectivity index (χ4n) is 10.1. The minimum absolute atomic E-state index is 0.449. The van der Waals surface area contributed by atoms with Gasteiger partial charge >= 0.3 is 0 Å². The Bertz CT molecular complexity index is 3340. The molecular formula is C59H39NS. The van der Waals surface area contributed by atoms with E-state index in [1.54, 1.807) is 0 Å². The van der Waals surface area contributed by atoms with E-state index in [1.807, 2.05) is 11.3 Å². The number of hydrogen-bond donors (Lipinski definition) is 0. The molecule has 0 amide bonds. The van der Waals surface area contributed by atoms with Crippen molar-refractivity contribution in [3.63, 3.8) is 0 Å². The largest absolute Gasteiger partial charge is 0.311 e. The Hall–Kier alpha value is -7.52. The number of hydrogen-bond acceptors (Lipinski definition) is 2. The summed E-state index contributed by atoms with van der Waals surface area (Å²) >= 11 is 1.88. The molecule has 10 aromatic carbocycles. The van der Waals surface area contributed by atoms with Crippen molar-refractivity contribution in [3.05, 3.63) is 259 Å². The van der Waals surface area contributed by atoms with Crippen LogP contribution in [0.15, 0.2) is 237 Å². The van der Waals surface area contributed by atoms with E-state index in [9.17, 15) is 0 Å². The Labute approximate surface area is 360 Å². The fraction of sp³-hybridized carbons (Fsp3) is 0.0169. The molecule has 1 nitrogen and oxygen atoms in total. The van der Waals surface area contributed by atoms with Crippen LogP contribution in [0, 0.1) is 0 Å². The highest BCUT2D eigenvalue weighted by Gasteiger charge is 2.45. The fourth-order valence-corrected chi connectivity index (χ4v) is 11.2. The Kier molecular flexibility index (Phi) is 8.33. The summed E-state index contributed by atoms with van der Waals surface area (Å²) in [6, 6.07) is 87.1. The summed E-state index contributed by atoms with van der Waals surface area (Å²) in [6.07, 6.45) is 0. The molecule has 0 unspecified atom stereocenters. The number of anilines is 3. The zero-order valence-electron chi connectivity index (χ0n) is 33.4. The van der Waals surface area contributed by atoms with Crippen LogP contribution in [-0.4, -0.2) is 0 Å². The second kappa shape index (κ2) is 14.3. The van der Waals surface area contributed by atoms with E-state index in [-0.39, 0.29) is 0 Å². The predicted octanol–water partition coefficient (Wildman–Crippen LogP) is 16.4. The van der Waals surface area contributed by atoms with Crippen LogP contribution in [0.3, 0.4) is 0 Å². The molecule has 0 N–H and O–H groups in total. The van der Waals surface area contributed by atoms with E-state index in [0.717, 1.165) is 17.1 Å². The summed E-state index contributed by atoms with van der Waals surface area (Å²) in [6.45, 7) is 0. The third kappa shape index (κ3) is 5.60. The van der Waals surface area contributed by atoms with Gasteiger partial charge in [-0.3, -0.25) is 0 Å². The zero-order valence-corrected chi connectivity index (χ0v) is 34.2. The molecule has 1 heterocycles. The summed E-state index contributed by atoms with van der Waals surface area (Å²) in [7, 11) is 0. The minimum Gasteiger partial charge on any atom is -0.311 e. The average Bonchev–Trinajstić information content (AvgIpc) is 3.87. The molecular weight excluding hydrogens is 755 g/mol. The van der Waals surface area contributed by atoms with Crippen LogP contribution in [0.25, 0.3) is 64.3 Å². The normalized spacial score (nSPS) is 12.7. The monoisotopic (exact) mass is 793 g/mol. The number of nitrogens with zero attached hydrogens (tertiary/aromatic N) is 1. The van der Waals surface area contributed by atoms with E-state index in [1.165, 1.54) is 86.6 Å². The third-order valence-corrected chi connectivity index (χ3v) is 13.9. The zero-order chi connectivity index (χ0) is 40.3. The lowest BCUT2D eigenvalue weighted by molar-refractivity contribution is 0.768. The van der Waals surface area contributed by atoms with Crippen LogP contribution >= 0.6 is 11.3 Å². The molecule has 0 radical (unpaired) electrons. The quantitative estimate of drug-likeness (QED) is 0.155. The lowest BCUT2D eigenvalue weighted by Gasteiger charge is -2.34. The minimum atomic E-state index is -0.449. The Morgan fingerprint density at radius 1 is 0.311 bits per heavy atom. The molecule has 2 heteroatoms. The lowest BCUT2D eigenvalue weighted by Crippen LogP contribution is -2.28. The molecule has 0 saturated carbocycles. The average molecular weight is 794 g/mol. The number of benzene rings is 10. The Balaban J connectivity index is 0.998. The van der Waals surface area contributed by atoms with Crippen molar-refractivity contribution >= 4 is 59.3 Å². The highest BCUT2D eigenvalue weighted by Crippen LogP contribution is 2.56. The van der Waals surface area contributed by atoms with Crippen LogP contribution in [0.4, 0.5) is 17.1 Å². The van der Waals surface area contributed by atoms with Gasteiger partial charge in [0, 0.05) is 37.2 Å². The molecule has 12 rings (SSSR count). The van der Waals surface area contributed by atoms with Crippen molar-refractivity contribution in [2.75, 3.05) is 4.90 Å². The first kappa shape index (κ1) is 35.4. The predicted molar refractivity (Wildman–Crippen MR) is 260 cm³/mol. The first-order valence-corrected chi connectivity index (χ1v) is 21.8. The lowest BCUT2D eigenvalue weighted by atomic mass is 9.68. The van der Waals surface area contributed by atoms with Gasteiger partial charge in [0.05, 0.1) is 5.41 Å². The van der Waals surface area contributed by atoms with Crippen LogP contribution in [0.2, 0.25) is 0 Å². The van der Waals surface area contributed by atoms with Gasteiger partial charge in [0.25, 0.3) is 0 Å². The molecule has 286 valence electrons. The third-order valence-electron chi connectivity index (χ3n) is 12.8. The molecule has 0 atom stereocenters. The van der Waals surface area contributed by atoms with Gasteiger partial charge in [-0.05, 0) is 115 Å². The van der Waals surface area contributed by atoms with E-state index >= 15 is 0 Å². The van der Waals surface area contributed by atoms with Gasteiger partial charge < -0.3 is 4.90 Å². The Morgan fingerprint density at radius 3 is 1.41 bits per heavy atom. The highest BCUT2D eigenvalue weighted by molar-refractivity contribution is 7.26. The SMILES string of the molecule is c1ccc(-c2ccc(N(c3ccc(-c4cc5sc6ccccc6c5c5ccccc45)cc3)c3ccc(C4(c5ccccc5)c5ccccc5-c5ccccc54)cc3)cc2)cc1. The molecule has 1 aliphatic rings. The van der Waals surface area contributed by atoms with Crippen LogP contribution in [-0.2, 0) is 5.41 Å². The maximum Gasteiger partial charge on any atom is 0.0713 e. The van der Waals surface area contributed by atoms with Crippen molar-refractivity contribution in [2.45, 2.75) is 5.41 Å². The summed E-state index contributed by atoms with van der Waals surface area (Å²) in [5, 5.41) is 5.26. The number of thiophene rings is 1. The molecule has 11 aromatic rings. The smallest absolute Gasteiger partial charge is 0.0713 e. The molecule has 0 saturated heterocycles. The van der Waals surface area contributed by atoms with Crippen molar-refractivity contribution in [1.82, 2.24) is 0 Å². The standard InChI is InChI=1S/C59H39NS/c1-3-15-40(16-4-1)41-27-33-45(34-28-41)60(46-35-29-42(30-36-46)53-39-57-58(51-22-8-7-19-48(51)53)52-23-11-14-26-56(52)61-57)47-37-31-44(32-38-47)59(43-17-5-2-6-18-43)54-24-12-9-20-49(54)50-21-10-13-25-55(50)59/h1-39H. The van der Waals surface area contributed by atoms with Crippen molar-refractivity contribution < 1.29 is 0 Å². The van der Waals surface area contributed by atoms with Gasteiger partial charge in [-0.25, -0.2) is 0 Å². The van der Waals surface area contributed by atoms with Gasteiger partial charge in [0.15, 0.2) is 0 Å². The molecule has 0 fully saturated rings. The van der Waals surface area contributed by atoms with Gasteiger partial charge in [-0.15, -0.1) is 11.3 Å². The molecule has 0 aliphatic heterocycles. The van der Waals surface area contributed by atoms with Gasteiger partial charge in [-0.2, -0.15) is 0 Å². The maximum atomic E-state index is 2.40. The first-order chi connectivity index (χ1) is 30.3. The maximum absolute atomic E-state index is 2.40. The topological polar surface area (TPSA) is 3.24 Å². The van der Waals surface area contributed by atoms with Crippen molar-refractivity contribution in [3.8, 4) is 33.4 Å². The van der Waals surface area contributed by atoms with Crippen LogP contribution in [0.1, 0.15) is 22.3 Å². The van der Waals surface area contributed by atoms with Gasteiger partial charge in [0.2, 0.25) is 0 Å². The van der Waals surface area contributed by atoms with E-state index in [0.29, 0.717) is 0 Å². The van der Waals surface area contributed by atoms with Crippen LogP contribution in [0.5, 0.6) is 0 Å². The number of rotatable bonds is 7. The summed E-state index contributed by atoms with van der Waals surface area (Å²) in [5.41, 5.74) is 15.5. The van der Waals surface area contributed by atoms with Crippen molar-refractivity contribution in [2.24, 2.45) is 0 Å². The van der Waals surface area contributed by atoms with E-state index in [4.69, 9.17) is 0 Å². The number of fused-ring (bicyclic) bond motifs is 8. The second-order valence-corrected chi connectivity index (χ2v) is 17.1. The molecule has 1 aromatic heterocycles. The Morgan fingerprint density at radius 2 is 0.770 bits per heavy atom. The second-order valence-electron chi connectivity index (χ2n) is 16.0. The summed E-state index contributed by atoms with van der Waals surface area (Å²) in [4.78, 5) is 2.39. The summed E-state index contributed by atoms with van der Waals surface area (Å²) in [5.74, 6) is 0. The van der Waals surface area contributed by atoms with E-state index in [2.05, 4.69) is 241 Å². The van der Waals surface area contributed by atoms with Gasteiger partial charge in [-0.1, -0.05) is 188 Å². The van der Waals surface area contributed by atoms with E-state index < -0.39 is 5.41 Å². The first-order valence-electron chi connectivity index (χ1n) is 21.0. The molecule has 1 aliphatic carbocycles. The molecule has 0 bridgehead atoms. The van der Waals surface area contributed by atoms with Crippen LogP contribution < -0.4 is 4.90 Å². The molecule has 0 spiro atoms. The highest BCUT2D eigenvalue weighted by atomic mass is 32.1.